The molecule has 5 aromatic carbocycles. The van der Waals surface area contributed by atoms with Gasteiger partial charge < -0.3 is 0 Å². The highest BCUT2D eigenvalue weighted by molar-refractivity contribution is 7.25. The van der Waals surface area contributed by atoms with Gasteiger partial charge in [0.1, 0.15) is 0 Å². The molecule has 9 rings (SSSR count). The van der Waals surface area contributed by atoms with E-state index < -0.39 is 0 Å². The van der Waals surface area contributed by atoms with Crippen LogP contribution in [-0.4, -0.2) is 15.0 Å². The lowest BCUT2D eigenvalue weighted by molar-refractivity contribution is 0.353. The molecule has 7 aromatic rings. The SMILES string of the molecule is c1ccc(-c2nc(-c3ccccc3)nc(-c3ccc4c(c3)-c3cc5sc6ccccc6c5cc3C43CCCCC3)n2)cc1. The number of hydrogen-bond donors (Lipinski definition) is 0. The standard InChI is InChI=1S/C39H29N3S/c1-4-12-25(13-5-1)36-40-37(26-14-6-2-7-15-26)42-38(41-36)27-18-19-32-29(22-27)30-24-35-31(28-16-8-9-17-34(28)43-35)23-33(30)39(32)20-10-3-11-21-39/h1-2,4-9,12-19,22-24H,3,10-11,20-21H2. The van der Waals surface area contributed by atoms with Gasteiger partial charge in [0.25, 0.3) is 0 Å². The zero-order valence-corrected chi connectivity index (χ0v) is 24.6. The van der Waals surface area contributed by atoms with Crippen molar-refractivity contribution in [3.8, 4) is 45.3 Å². The van der Waals surface area contributed by atoms with E-state index >= 15 is 0 Å². The number of benzene rings is 5. The molecule has 0 aliphatic heterocycles. The minimum absolute atomic E-state index is 0.0855. The van der Waals surface area contributed by atoms with E-state index in [9.17, 15) is 0 Å². The van der Waals surface area contributed by atoms with Gasteiger partial charge in [-0.05, 0) is 59.4 Å². The van der Waals surface area contributed by atoms with Crippen LogP contribution in [0.4, 0.5) is 0 Å². The summed E-state index contributed by atoms with van der Waals surface area (Å²) in [6, 6.07) is 41.3. The Morgan fingerprint density at radius 3 is 1.77 bits per heavy atom. The molecule has 3 nitrogen and oxygen atoms in total. The van der Waals surface area contributed by atoms with Gasteiger partial charge in [-0.25, -0.2) is 15.0 Å². The third-order valence-electron chi connectivity index (χ3n) is 9.52. The van der Waals surface area contributed by atoms with Crippen LogP contribution in [0.3, 0.4) is 0 Å². The van der Waals surface area contributed by atoms with E-state index in [1.807, 2.05) is 47.7 Å². The minimum atomic E-state index is 0.0855. The third-order valence-corrected chi connectivity index (χ3v) is 10.7. The largest absolute Gasteiger partial charge is 0.208 e. The van der Waals surface area contributed by atoms with Gasteiger partial charge in [-0.3, -0.25) is 0 Å². The number of hydrogen-bond acceptors (Lipinski definition) is 4. The number of fused-ring (bicyclic) bond motifs is 8. The summed E-state index contributed by atoms with van der Waals surface area (Å²) in [5.41, 5.74) is 8.82. The molecule has 1 saturated carbocycles. The quantitative estimate of drug-likeness (QED) is 0.212. The second-order valence-corrected chi connectivity index (χ2v) is 13.0. The Bertz CT molecular complexity index is 2100. The first-order valence-electron chi connectivity index (χ1n) is 15.2. The number of aromatic nitrogens is 3. The van der Waals surface area contributed by atoms with Crippen molar-refractivity contribution in [2.75, 3.05) is 0 Å². The van der Waals surface area contributed by atoms with Gasteiger partial charge >= 0.3 is 0 Å². The Balaban J connectivity index is 1.26. The Labute approximate surface area is 255 Å². The lowest BCUT2D eigenvalue weighted by Crippen LogP contribution is -2.28. The predicted molar refractivity (Wildman–Crippen MR) is 178 cm³/mol. The molecule has 0 amide bonds. The summed E-state index contributed by atoms with van der Waals surface area (Å²) in [6.07, 6.45) is 6.29. The molecule has 0 radical (unpaired) electrons. The molecule has 2 heterocycles. The van der Waals surface area contributed by atoms with Crippen molar-refractivity contribution < 1.29 is 0 Å². The molecule has 0 atom stereocenters. The molecule has 2 aliphatic rings. The van der Waals surface area contributed by atoms with Gasteiger partial charge in [-0.2, -0.15) is 0 Å². The average Bonchev–Trinajstić information content (AvgIpc) is 3.57. The Morgan fingerprint density at radius 2 is 1.07 bits per heavy atom. The fourth-order valence-corrected chi connectivity index (χ4v) is 8.62. The van der Waals surface area contributed by atoms with E-state index in [1.54, 1.807) is 0 Å². The molecular formula is C39H29N3S. The van der Waals surface area contributed by atoms with Crippen molar-refractivity contribution >= 4 is 31.5 Å². The van der Waals surface area contributed by atoms with Crippen molar-refractivity contribution in [3.05, 3.63) is 126 Å². The van der Waals surface area contributed by atoms with Crippen LogP contribution in [0.2, 0.25) is 0 Å². The highest BCUT2D eigenvalue weighted by atomic mass is 32.1. The van der Waals surface area contributed by atoms with Crippen LogP contribution in [0.5, 0.6) is 0 Å². The fourth-order valence-electron chi connectivity index (χ4n) is 7.49. The molecular weight excluding hydrogens is 543 g/mol. The van der Waals surface area contributed by atoms with E-state index in [2.05, 4.69) is 78.9 Å². The Hall–Kier alpha value is -4.67. The van der Waals surface area contributed by atoms with Crippen molar-refractivity contribution in [2.24, 2.45) is 0 Å². The Morgan fingerprint density at radius 1 is 0.465 bits per heavy atom. The smallest absolute Gasteiger partial charge is 0.164 e. The molecule has 2 aliphatic carbocycles. The van der Waals surface area contributed by atoms with Crippen LogP contribution in [0.15, 0.2) is 115 Å². The first-order chi connectivity index (χ1) is 21.3. The first kappa shape index (κ1) is 24.9. The summed E-state index contributed by atoms with van der Waals surface area (Å²) in [7, 11) is 0. The minimum Gasteiger partial charge on any atom is -0.208 e. The molecule has 0 N–H and O–H groups in total. The summed E-state index contributed by atoms with van der Waals surface area (Å²) >= 11 is 1.90. The van der Waals surface area contributed by atoms with Crippen LogP contribution < -0.4 is 0 Å². The van der Waals surface area contributed by atoms with Gasteiger partial charge in [-0.15, -0.1) is 11.3 Å². The average molecular weight is 572 g/mol. The second-order valence-electron chi connectivity index (χ2n) is 11.9. The highest BCUT2D eigenvalue weighted by Crippen LogP contribution is 2.57. The maximum absolute atomic E-state index is 5.04. The van der Waals surface area contributed by atoms with Gasteiger partial charge in [0.15, 0.2) is 17.5 Å². The summed E-state index contributed by atoms with van der Waals surface area (Å²) in [5.74, 6) is 2.10. The van der Waals surface area contributed by atoms with Crippen molar-refractivity contribution in [3.63, 3.8) is 0 Å². The summed E-state index contributed by atoms with van der Waals surface area (Å²) in [6.45, 7) is 0. The predicted octanol–water partition coefficient (Wildman–Crippen LogP) is 10.5. The lowest BCUT2D eigenvalue weighted by atomic mass is 9.67. The molecule has 2 aromatic heterocycles. The van der Waals surface area contributed by atoms with Crippen molar-refractivity contribution in [2.45, 2.75) is 37.5 Å². The number of rotatable bonds is 3. The van der Waals surface area contributed by atoms with Gasteiger partial charge in [0.2, 0.25) is 0 Å². The molecule has 206 valence electrons. The number of nitrogens with zero attached hydrogens (tertiary/aromatic N) is 3. The summed E-state index contributed by atoms with van der Waals surface area (Å²) in [5, 5.41) is 2.77. The fraction of sp³-hybridized carbons (Fsp3) is 0.154. The Kier molecular flexibility index (Phi) is 5.60. The van der Waals surface area contributed by atoms with Crippen LogP contribution in [-0.2, 0) is 5.41 Å². The van der Waals surface area contributed by atoms with E-state index in [0.717, 1.165) is 16.7 Å². The van der Waals surface area contributed by atoms with Crippen molar-refractivity contribution in [1.29, 1.82) is 0 Å². The summed E-state index contributed by atoms with van der Waals surface area (Å²) < 4.78 is 2.72. The van der Waals surface area contributed by atoms with Gasteiger partial charge in [0, 0.05) is 42.3 Å². The molecule has 0 bridgehead atoms. The van der Waals surface area contributed by atoms with Crippen LogP contribution in [0.25, 0.3) is 65.5 Å². The van der Waals surface area contributed by atoms with E-state index in [0.29, 0.717) is 17.5 Å². The molecule has 0 saturated heterocycles. The first-order valence-corrected chi connectivity index (χ1v) is 16.1. The third kappa shape index (κ3) is 3.90. The van der Waals surface area contributed by atoms with Crippen LogP contribution in [0.1, 0.15) is 43.2 Å². The zero-order valence-electron chi connectivity index (χ0n) is 23.8. The molecule has 1 spiro atoms. The van der Waals surface area contributed by atoms with Crippen molar-refractivity contribution in [1.82, 2.24) is 15.0 Å². The molecule has 1 fully saturated rings. The molecule has 4 heteroatoms. The van der Waals surface area contributed by atoms with Gasteiger partial charge in [0.05, 0.1) is 0 Å². The lowest BCUT2D eigenvalue weighted by Gasteiger charge is -2.36. The monoisotopic (exact) mass is 571 g/mol. The van der Waals surface area contributed by atoms with E-state index in [1.165, 1.54) is 74.5 Å². The molecule has 0 unspecified atom stereocenters. The van der Waals surface area contributed by atoms with Crippen LogP contribution in [0, 0.1) is 0 Å². The maximum Gasteiger partial charge on any atom is 0.164 e. The summed E-state index contributed by atoms with van der Waals surface area (Å²) in [4.78, 5) is 15.0. The normalized spacial score (nSPS) is 15.2. The highest BCUT2D eigenvalue weighted by Gasteiger charge is 2.44. The van der Waals surface area contributed by atoms with Crippen LogP contribution >= 0.6 is 11.3 Å². The number of thiophene rings is 1. The maximum atomic E-state index is 5.04. The molecule has 43 heavy (non-hydrogen) atoms. The van der Waals surface area contributed by atoms with E-state index in [-0.39, 0.29) is 5.41 Å². The van der Waals surface area contributed by atoms with Gasteiger partial charge in [-0.1, -0.05) is 110 Å². The van der Waals surface area contributed by atoms with E-state index in [4.69, 9.17) is 15.0 Å². The topological polar surface area (TPSA) is 38.7 Å². The zero-order chi connectivity index (χ0) is 28.4. The second kappa shape index (κ2) is 9.68.